The van der Waals surface area contributed by atoms with Gasteiger partial charge in [-0.1, -0.05) is 0 Å². The SMILES string of the molecule is CN(Cc1cc2cc(F)ccc2[nH]1)CC(O)CO. The van der Waals surface area contributed by atoms with E-state index in [2.05, 4.69) is 4.98 Å². The molecule has 0 aliphatic heterocycles. The van der Waals surface area contributed by atoms with Gasteiger partial charge in [0.05, 0.1) is 12.7 Å². The van der Waals surface area contributed by atoms with Crippen molar-refractivity contribution in [2.24, 2.45) is 0 Å². The third kappa shape index (κ3) is 3.07. The molecule has 0 amide bonds. The van der Waals surface area contributed by atoms with Crippen LogP contribution in [0.5, 0.6) is 0 Å². The first kappa shape index (κ1) is 13.0. The minimum atomic E-state index is -0.739. The molecule has 1 atom stereocenters. The van der Waals surface area contributed by atoms with Crippen LogP contribution in [0.25, 0.3) is 10.9 Å². The summed E-state index contributed by atoms with van der Waals surface area (Å²) in [6, 6.07) is 6.50. The highest BCUT2D eigenvalue weighted by Crippen LogP contribution is 2.17. The van der Waals surface area contributed by atoms with Crippen LogP contribution in [0.4, 0.5) is 4.39 Å². The van der Waals surface area contributed by atoms with Crippen molar-refractivity contribution in [1.82, 2.24) is 9.88 Å². The molecule has 0 saturated heterocycles. The Labute approximate surface area is 105 Å². The molecule has 1 heterocycles. The number of aliphatic hydroxyl groups is 2. The quantitative estimate of drug-likeness (QED) is 0.746. The summed E-state index contributed by atoms with van der Waals surface area (Å²) in [5.74, 6) is -0.253. The van der Waals surface area contributed by atoms with E-state index in [0.717, 1.165) is 16.6 Å². The van der Waals surface area contributed by atoms with Gasteiger partial charge in [0.15, 0.2) is 0 Å². The lowest BCUT2D eigenvalue weighted by molar-refractivity contribution is 0.0645. The molecule has 18 heavy (non-hydrogen) atoms. The number of likely N-dealkylation sites (N-methyl/N-ethyl adjacent to an activating group) is 1. The number of fused-ring (bicyclic) bond motifs is 1. The van der Waals surface area contributed by atoms with E-state index in [1.807, 2.05) is 18.0 Å². The maximum Gasteiger partial charge on any atom is 0.123 e. The van der Waals surface area contributed by atoms with E-state index in [-0.39, 0.29) is 12.4 Å². The predicted molar refractivity (Wildman–Crippen MR) is 67.7 cm³/mol. The summed E-state index contributed by atoms with van der Waals surface area (Å²) in [4.78, 5) is 5.08. The van der Waals surface area contributed by atoms with E-state index in [9.17, 15) is 9.50 Å². The molecule has 3 N–H and O–H groups in total. The van der Waals surface area contributed by atoms with Crippen LogP contribution in [0.15, 0.2) is 24.3 Å². The molecule has 0 spiro atoms. The van der Waals surface area contributed by atoms with Gasteiger partial charge in [0.25, 0.3) is 0 Å². The highest BCUT2D eigenvalue weighted by Gasteiger charge is 2.09. The van der Waals surface area contributed by atoms with Gasteiger partial charge in [-0.05, 0) is 31.3 Å². The fraction of sp³-hybridized carbons (Fsp3) is 0.385. The van der Waals surface area contributed by atoms with Gasteiger partial charge in [-0.3, -0.25) is 4.90 Å². The van der Waals surface area contributed by atoms with Crippen molar-refractivity contribution in [2.45, 2.75) is 12.6 Å². The summed E-state index contributed by atoms with van der Waals surface area (Å²) in [5.41, 5.74) is 1.84. The molecule has 0 bridgehead atoms. The predicted octanol–water partition coefficient (Wildman–Crippen LogP) is 1.09. The Hall–Kier alpha value is -1.43. The largest absolute Gasteiger partial charge is 0.394 e. The van der Waals surface area contributed by atoms with Gasteiger partial charge in [0.1, 0.15) is 5.82 Å². The summed E-state index contributed by atoms with van der Waals surface area (Å²) < 4.78 is 13.0. The van der Waals surface area contributed by atoms with Crippen molar-refractivity contribution in [1.29, 1.82) is 0 Å². The van der Waals surface area contributed by atoms with Crippen LogP contribution in [0, 0.1) is 5.82 Å². The van der Waals surface area contributed by atoms with Crippen LogP contribution in [-0.2, 0) is 6.54 Å². The van der Waals surface area contributed by atoms with E-state index in [0.29, 0.717) is 13.1 Å². The zero-order chi connectivity index (χ0) is 13.1. The number of aliphatic hydroxyl groups excluding tert-OH is 2. The summed E-state index contributed by atoms with van der Waals surface area (Å²) in [5, 5.41) is 18.9. The summed E-state index contributed by atoms with van der Waals surface area (Å²) in [6.07, 6.45) is -0.739. The molecule has 0 saturated carbocycles. The molecule has 0 aliphatic rings. The van der Waals surface area contributed by atoms with Gasteiger partial charge in [0, 0.05) is 29.7 Å². The molecule has 5 heteroatoms. The summed E-state index contributed by atoms with van der Waals surface area (Å²) in [7, 11) is 1.85. The fourth-order valence-corrected chi connectivity index (χ4v) is 2.02. The van der Waals surface area contributed by atoms with Crippen molar-refractivity contribution in [2.75, 3.05) is 20.2 Å². The summed E-state index contributed by atoms with van der Waals surface area (Å²) in [6.45, 7) is 0.746. The number of halogens is 1. The highest BCUT2D eigenvalue weighted by molar-refractivity contribution is 5.80. The maximum atomic E-state index is 13.0. The first-order valence-corrected chi connectivity index (χ1v) is 5.83. The number of hydrogen-bond donors (Lipinski definition) is 3. The van der Waals surface area contributed by atoms with Crippen LogP contribution in [0.1, 0.15) is 5.69 Å². The lowest BCUT2D eigenvalue weighted by Crippen LogP contribution is -2.31. The van der Waals surface area contributed by atoms with Crippen LogP contribution >= 0.6 is 0 Å². The molecule has 2 rings (SSSR count). The van der Waals surface area contributed by atoms with E-state index in [1.165, 1.54) is 12.1 Å². The molecular weight excluding hydrogens is 235 g/mol. The van der Waals surface area contributed by atoms with Crippen molar-refractivity contribution >= 4 is 10.9 Å². The topological polar surface area (TPSA) is 59.5 Å². The molecule has 0 fully saturated rings. The smallest absolute Gasteiger partial charge is 0.123 e. The summed E-state index contributed by atoms with van der Waals surface area (Å²) >= 11 is 0. The third-order valence-electron chi connectivity index (χ3n) is 2.81. The van der Waals surface area contributed by atoms with Gasteiger partial charge in [-0.25, -0.2) is 4.39 Å². The number of nitrogens with zero attached hydrogens (tertiary/aromatic N) is 1. The second kappa shape index (κ2) is 5.48. The monoisotopic (exact) mass is 252 g/mol. The van der Waals surface area contributed by atoms with Crippen LogP contribution in [0.3, 0.4) is 0 Å². The van der Waals surface area contributed by atoms with Crippen LogP contribution in [-0.4, -0.2) is 46.4 Å². The van der Waals surface area contributed by atoms with E-state index in [4.69, 9.17) is 5.11 Å². The van der Waals surface area contributed by atoms with E-state index in [1.54, 1.807) is 6.07 Å². The highest BCUT2D eigenvalue weighted by atomic mass is 19.1. The van der Waals surface area contributed by atoms with E-state index >= 15 is 0 Å². The van der Waals surface area contributed by atoms with Gasteiger partial charge in [0.2, 0.25) is 0 Å². The average Bonchev–Trinajstić information content (AvgIpc) is 2.69. The minimum Gasteiger partial charge on any atom is -0.394 e. The van der Waals surface area contributed by atoms with Crippen molar-refractivity contribution in [3.63, 3.8) is 0 Å². The van der Waals surface area contributed by atoms with E-state index < -0.39 is 6.10 Å². The first-order chi connectivity index (χ1) is 8.58. The second-order valence-corrected chi connectivity index (χ2v) is 4.56. The molecule has 0 aliphatic carbocycles. The zero-order valence-electron chi connectivity index (χ0n) is 10.2. The van der Waals surface area contributed by atoms with Crippen LogP contribution in [0.2, 0.25) is 0 Å². The first-order valence-electron chi connectivity index (χ1n) is 5.83. The number of benzene rings is 1. The molecule has 1 aromatic heterocycles. The Kier molecular flexibility index (Phi) is 3.96. The molecule has 0 radical (unpaired) electrons. The Morgan fingerprint density at radius 3 is 2.89 bits per heavy atom. The molecule has 1 aromatic carbocycles. The number of H-pyrrole nitrogens is 1. The normalized spacial score (nSPS) is 13.4. The standard InChI is InChI=1S/C13H17FN2O2/c1-16(7-12(18)8-17)6-11-5-9-4-10(14)2-3-13(9)15-11/h2-5,12,15,17-18H,6-8H2,1H3. The Morgan fingerprint density at radius 2 is 2.17 bits per heavy atom. The van der Waals surface area contributed by atoms with Crippen LogP contribution < -0.4 is 0 Å². The Bertz CT molecular complexity index is 527. The number of aromatic nitrogens is 1. The molecule has 1 unspecified atom stereocenters. The number of aromatic amines is 1. The third-order valence-corrected chi connectivity index (χ3v) is 2.81. The number of hydrogen-bond acceptors (Lipinski definition) is 3. The average molecular weight is 252 g/mol. The van der Waals surface area contributed by atoms with Gasteiger partial charge in [-0.2, -0.15) is 0 Å². The van der Waals surface area contributed by atoms with Crippen molar-refractivity contribution in [3.05, 3.63) is 35.8 Å². The van der Waals surface area contributed by atoms with Crippen molar-refractivity contribution in [3.8, 4) is 0 Å². The van der Waals surface area contributed by atoms with Gasteiger partial charge in [-0.15, -0.1) is 0 Å². The lowest BCUT2D eigenvalue weighted by Gasteiger charge is -2.18. The maximum absolute atomic E-state index is 13.0. The second-order valence-electron chi connectivity index (χ2n) is 4.56. The molecule has 4 nitrogen and oxygen atoms in total. The Morgan fingerprint density at radius 1 is 1.39 bits per heavy atom. The molecule has 2 aromatic rings. The number of nitrogens with one attached hydrogen (secondary N) is 1. The number of rotatable bonds is 5. The zero-order valence-corrected chi connectivity index (χ0v) is 10.2. The van der Waals surface area contributed by atoms with Gasteiger partial charge >= 0.3 is 0 Å². The molecular formula is C13H17FN2O2. The van der Waals surface area contributed by atoms with Crippen molar-refractivity contribution < 1.29 is 14.6 Å². The van der Waals surface area contributed by atoms with Gasteiger partial charge < -0.3 is 15.2 Å². The fourth-order valence-electron chi connectivity index (χ4n) is 2.02. The minimum absolute atomic E-state index is 0.248. The molecule has 98 valence electrons. The Balaban J connectivity index is 2.07. The lowest BCUT2D eigenvalue weighted by atomic mass is 10.2.